The Morgan fingerprint density at radius 3 is 2.71 bits per heavy atom. The summed E-state index contributed by atoms with van der Waals surface area (Å²) in [5.74, 6) is 0.405. The molecule has 0 amide bonds. The number of halogens is 2. The van der Waals surface area contributed by atoms with Gasteiger partial charge in [-0.2, -0.15) is 0 Å². The van der Waals surface area contributed by atoms with Gasteiger partial charge in [-0.25, -0.2) is 0 Å². The van der Waals surface area contributed by atoms with E-state index in [9.17, 15) is 5.11 Å². The molecular weight excluding hydrogens is 223 g/mol. The van der Waals surface area contributed by atoms with Gasteiger partial charge < -0.3 is 9.84 Å². The van der Waals surface area contributed by atoms with Crippen molar-refractivity contribution < 1.29 is 9.84 Å². The zero-order chi connectivity index (χ0) is 8.55. The fourth-order valence-electron chi connectivity index (χ4n) is 1.67. The van der Waals surface area contributed by atoms with E-state index in [1.807, 2.05) is 19.1 Å². The molecule has 0 fully saturated rings. The van der Waals surface area contributed by atoms with Crippen molar-refractivity contribution in [2.24, 2.45) is 0 Å². The van der Waals surface area contributed by atoms with Gasteiger partial charge in [0.25, 0.3) is 0 Å². The molecule has 1 atom stereocenters. The van der Waals surface area contributed by atoms with E-state index in [2.05, 4.69) is 0 Å². The smallest absolute Gasteiger partial charge is 0.119 e. The Kier molecular flexibility index (Phi) is 5.27. The van der Waals surface area contributed by atoms with Crippen molar-refractivity contribution in [2.75, 3.05) is 6.61 Å². The first-order valence-corrected chi connectivity index (χ1v) is 4.21. The second kappa shape index (κ2) is 5.44. The highest BCUT2D eigenvalue weighted by molar-refractivity contribution is 5.85. The van der Waals surface area contributed by atoms with E-state index in [-0.39, 0.29) is 30.9 Å². The summed E-state index contributed by atoms with van der Waals surface area (Å²) in [4.78, 5) is 0. The number of phenols is 1. The zero-order valence-electron chi connectivity index (χ0n) is 7.90. The van der Waals surface area contributed by atoms with Crippen molar-refractivity contribution in [1.29, 1.82) is 0 Å². The summed E-state index contributed by atoms with van der Waals surface area (Å²) in [6, 6.07) is 5.61. The maximum Gasteiger partial charge on any atom is 0.119 e. The van der Waals surface area contributed by atoms with Crippen LogP contribution in [0.3, 0.4) is 0 Å². The highest BCUT2D eigenvalue weighted by Gasteiger charge is 2.18. The molecule has 1 aromatic rings. The molecule has 0 bridgehead atoms. The van der Waals surface area contributed by atoms with Crippen LogP contribution in [0.1, 0.15) is 24.2 Å². The van der Waals surface area contributed by atoms with Crippen LogP contribution in [-0.4, -0.2) is 11.7 Å². The number of hydrogen-bond acceptors (Lipinski definition) is 2. The first kappa shape index (κ1) is 13.6. The number of benzene rings is 1. The molecule has 1 unspecified atom stereocenters. The molecule has 0 saturated heterocycles. The van der Waals surface area contributed by atoms with Gasteiger partial charge in [0.1, 0.15) is 5.75 Å². The predicted octanol–water partition coefficient (Wildman–Crippen LogP) is 2.87. The van der Waals surface area contributed by atoms with Gasteiger partial charge >= 0.3 is 0 Å². The van der Waals surface area contributed by atoms with Gasteiger partial charge in [-0.3, -0.25) is 0 Å². The fourth-order valence-corrected chi connectivity index (χ4v) is 1.67. The lowest BCUT2D eigenvalue weighted by Gasteiger charge is -2.23. The van der Waals surface area contributed by atoms with Gasteiger partial charge in [0.2, 0.25) is 0 Å². The predicted molar refractivity (Wildman–Crippen MR) is 60.7 cm³/mol. The van der Waals surface area contributed by atoms with Crippen molar-refractivity contribution >= 4 is 24.8 Å². The first-order chi connectivity index (χ1) is 5.79. The molecule has 14 heavy (non-hydrogen) atoms. The second-order valence-corrected chi connectivity index (χ2v) is 3.11. The number of ether oxygens (including phenoxy) is 1. The lowest BCUT2D eigenvalue weighted by Crippen LogP contribution is -2.13. The molecule has 0 aromatic heterocycles. The summed E-state index contributed by atoms with van der Waals surface area (Å²) in [6.45, 7) is 2.73. The van der Waals surface area contributed by atoms with Gasteiger partial charge in [0.05, 0.1) is 12.7 Å². The lowest BCUT2D eigenvalue weighted by atomic mass is 9.98. The van der Waals surface area contributed by atoms with Gasteiger partial charge in [-0.05, 0) is 25.0 Å². The third-order valence-corrected chi connectivity index (χ3v) is 2.35. The van der Waals surface area contributed by atoms with Crippen LogP contribution in [0.15, 0.2) is 18.2 Å². The van der Waals surface area contributed by atoms with Crippen LogP contribution < -0.4 is 0 Å². The van der Waals surface area contributed by atoms with Crippen molar-refractivity contribution in [2.45, 2.75) is 19.4 Å². The van der Waals surface area contributed by atoms with E-state index in [1.54, 1.807) is 6.07 Å². The normalized spacial score (nSPS) is 18.8. The molecule has 1 aliphatic heterocycles. The van der Waals surface area contributed by atoms with Crippen molar-refractivity contribution in [3.05, 3.63) is 29.3 Å². The van der Waals surface area contributed by atoms with Crippen LogP contribution in [-0.2, 0) is 11.2 Å². The number of rotatable bonds is 0. The molecule has 1 aliphatic rings. The van der Waals surface area contributed by atoms with Gasteiger partial charge in [-0.1, -0.05) is 12.1 Å². The number of fused-ring (bicyclic) bond motifs is 1. The summed E-state index contributed by atoms with van der Waals surface area (Å²) in [7, 11) is 0. The Balaban J connectivity index is 0.000000845. The minimum Gasteiger partial charge on any atom is -0.508 e. The molecule has 1 N–H and O–H groups in total. The summed E-state index contributed by atoms with van der Waals surface area (Å²) in [6.07, 6.45) is 0.952. The zero-order valence-corrected chi connectivity index (χ0v) is 9.53. The minimum absolute atomic E-state index is 0. The molecule has 0 spiro atoms. The molecule has 1 heterocycles. The van der Waals surface area contributed by atoms with Crippen molar-refractivity contribution in [3.8, 4) is 5.75 Å². The van der Waals surface area contributed by atoms with Crippen LogP contribution in [0.25, 0.3) is 0 Å². The maximum atomic E-state index is 9.52. The number of phenolic OH excluding ortho intramolecular Hbond substituents is 1. The standard InChI is InChI=1S/C10H12O2.2ClH/c1-7-8-3-2-4-10(11)9(8)5-6-12-7;;/h2-4,7,11H,5-6H2,1H3;2*1H. The average molecular weight is 237 g/mol. The van der Waals surface area contributed by atoms with Crippen molar-refractivity contribution in [3.63, 3.8) is 0 Å². The fraction of sp³-hybridized carbons (Fsp3) is 0.400. The summed E-state index contributed by atoms with van der Waals surface area (Å²) < 4.78 is 5.45. The third-order valence-electron chi connectivity index (χ3n) is 2.35. The van der Waals surface area contributed by atoms with Crippen molar-refractivity contribution in [1.82, 2.24) is 0 Å². The number of aromatic hydroxyl groups is 1. The Morgan fingerprint density at radius 1 is 1.36 bits per heavy atom. The van der Waals surface area contributed by atoms with E-state index in [0.717, 1.165) is 17.5 Å². The van der Waals surface area contributed by atoms with Crippen LogP contribution in [0.2, 0.25) is 0 Å². The van der Waals surface area contributed by atoms with Gasteiger partial charge in [0.15, 0.2) is 0 Å². The van der Waals surface area contributed by atoms with E-state index in [0.29, 0.717) is 12.4 Å². The number of hydrogen-bond donors (Lipinski definition) is 1. The molecule has 0 saturated carbocycles. The topological polar surface area (TPSA) is 29.5 Å². The second-order valence-electron chi connectivity index (χ2n) is 3.11. The maximum absolute atomic E-state index is 9.52. The molecule has 1 aromatic carbocycles. The molecule has 4 heteroatoms. The van der Waals surface area contributed by atoms with Crippen LogP contribution in [0.4, 0.5) is 0 Å². The quantitative estimate of drug-likeness (QED) is 0.751. The van der Waals surface area contributed by atoms with E-state index in [1.165, 1.54) is 0 Å². The molecule has 0 aliphatic carbocycles. The Labute approximate surface area is 96.1 Å². The lowest BCUT2D eigenvalue weighted by molar-refractivity contribution is 0.0547. The van der Waals surface area contributed by atoms with Gasteiger partial charge in [0, 0.05) is 5.56 Å². The summed E-state index contributed by atoms with van der Waals surface area (Å²) in [5.41, 5.74) is 2.18. The van der Waals surface area contributed by atoms with Gasteiger partial charge in [-0.15, -0.1) is 24.8 Å². The molecule has 0 radical (unpaired) electrons. The molecule has 2 nitrogen and oxygen atoms in total. The van der Waals surface area contributed by atoms with Crippen LogP contribution in [0.5, 0.6) is 5.75 Å². The Bertz CT molecular complexity index is 302. The monoisotopic (exact) mass is 236 g/mol. The molecule has 80 valence electrons. The highest BCUT2D eigenvalue weighted by atomic mass is 35.5. The minimum atomic E-state index is 0. The molecular formula is C10H14Cl2O2. The van der Waals surface area contributed by atoms with E-state index in [4.69, 9.17) is 4.74 Å². The Hall–Kier alpha value is -0.440. The van der Waals surface area contributed by atoms with E-state index >= 15 is 0 Å². The average Bonchev–Trinajstić information content (AvgIpc) is 2.07. The van der Waals surface area contributed by atoms with Crippen LogP contribution in [0, 0.1) is 0 Å². The first-order valence-electron chi connectivity index (χ1n) is 4.21. The van der Waals surface area contributed by atoms with E-state index < -0.39 is 0 Å². The SMILES string of the molecule is CC1OCCc2c(O)cccc21.Cl.Cl. The summed E-state index contributed by atoms with van der Waals surface area (Å²) in [5, 5.41) is 9.52. The Morgan fingerprint density at radius 2 is 2.07 bits per heavy atom. The largest absolute Gasteiger partial charge is 0.508 e. The highest BCUT2D eigenvalue weighted by Crippen LogP contribution is 2.31. The molecule has 2 rings (SSSR count). The van der Waals surface area contributed by atoms with Crippen LogP contribution >= 0.6 is 24.8 Å². The summed E-state index contributed by atoms with van der Waals surface area (Å²) >= 11 is 0. The third kappa shape index (κ3) is 2.32.